The average molecular weight is 409 g/mol. The van der Waals surface area contributed by atoms with E-state index in [2.05, 4.69) is 31.9 Å². The molecule has 1 fully saturated rings. The summed E-state index contributed by atoms with van der Waals surface area (Å²) in [7, 11) is 0. The molecule has 0 saturated heterocycles. The summed E-state index contributed by atoms with van der Waals surface area (Å²) in [5, 5.41) is 11.2. The summed E-state index contributed by atoms with van der Waals surface area (Å²) in [5.74, 6) is 2.27. The minimum absolute atomic E-state index is 0.252. The molecule has 2 aromatic carbocycles. The second-order valence-electron chi connectivity index (χ2n) is 7.16. The van der Waals surface area contributed by atoms with Gasteiger partial charge in [0.1, 0.15) is 11.6 Å². The number of para-hydroxylation sites is 1. The van der Waals surface area contributed by atoms with Gasteiger partial charge in [-0.3, -0.25) is 4.57 Å². The maximum atomic E-state index is 12.9. The number of hydrogen-bond donors (Lipinski definition) is 1. The third-order valence-corrected chi connectivity index (χ3v) is 6.04. The van der Waals surface area contributed by atoms with Gasteiger partial charge in [-0.15, -0.1) is 10.2 Å². The molecule has 1 saturated carbocycles. The molecule has 0 amide bonds. The Bertz CT molecular complexity index is 1120. The van der Waals surface area contributed by atoms with Crippen LogP contribution in [-0.2, 0) is 0 Å². The lowest BCUT2D eigenvalue weighted by Crippen LogP contribution is -2.02. The first-order valence-electron chi connectivity index (χ1n) is 9.82. The number of nitrogens with one attached hydrogen (secondary N) is 1. The lowest BCUT2D eigenvalue weighted by atomic mass is 10.1. The molecular formula is C22H21FN4OS. The zero-order valence-electron chi connectivity index (χ0n) is 15.8. The third-order valence-electron chi connectivity index (χ3n) is 5.01. The van der Waals surface area contributed by atoms with Crippen LogP contribution in [-0.4, -0.2) is 32.1 Å². The number of halogens is 1. The highest BCUT2D eigenvalue weighted by molar-refractivity contribution is 7.99. The standard InChI is InChI=1S/C22H21FN4OS/c23-15-6-10-17(11-7-15)28-12-3-13-29-22-26-25-21(27(22)16-8-9-16)19-14-24-20-5-2-1-4-18(19)20/h1-2,4-7,10-11,14,16,24H,3,8-9,12-13H2. The van der Waals surface area contributed by atoms with E-state index in [9.17, 15) is 4.39 Å². The van der Waals surface area contributed by atoms with Gasteiger partial charge in [0.15, 0.2) is 11.0 Å². The number of thioether (sulfide) groups is 1. The molecule has 7 heteroatoms. The summed E-state index contributed by atoms with van der Waals surface area (Å²) in [5.41, 5.74) is 2.21. The first-order valence-corrected chi connectivity index (χ1v) is 10.8. The number of H-pyrrole nitrogens is 1. The highest BCUT2D eigenvalue weighted by atomic mass is 32.2. The van der Waals surface area contributed by atoms with Crippen molar-refractivity contribution in [2.75, 3.05) is 12.4 Å². The number of ether oxygens (including phenoxy) is 1. The molecule has 0 spiro atoms. The molecule has 0 radical (unpaired) electrons. The highest BCUT2D eigenvalue weighted by Crippen LogP contribution is 2.42. The van der Waals surface area contributed by atoms with Crippen LogP contribution in [0.4, 0.5) is 4.39 Å². The summed E-state index contributed by atoms with van der Waals surface area (Å²) < 4.78 is 20.9. The van der Waals surface area contributed by atoms with Crippen LogP contribution in [0.15, 0.2) is 59.9 Å². The van der Waals surface area contributed by atoms with E-state index >= 15 is 0 Å². The highest BCUT2D eigenvalue weighted by Gasteiger charge is 2.30. The van der Waals surface area contributed by atoms with E-state index in [1.165, 1.54) is 30.4 Å². The maximum absolute atomic E-state index is 12.9. The van der Waals surface area contributed by atoms with Gasteiger partial charge in [0.25, 0.3) is 0 Å². The van der Waals surface area contributed by atoms with Gasteiger partial charge < -0.3 is 9.72 Å². The van der Waals surface area contributed by atoms with Crippen molar-refractivity contribution in [3.8, 4) is 17.1 Å². The molecule has 2 aromatic heterocycles. The number of fused-ring (bicyclic) bond motifs is 1. The van der Waals surface area contributed by atoms with Crippen molar-refractivity contribution in [2.24, 2.45) is 0 Å². The Morgan fingerprint density at radius 3 is 2.76 bits per heavy atom. The summed E-state index contributed by atoms with van der Waals surface area (Å²) in [6.07, 6.45) is 5.25. The first kappa shape index (κ1) is 18.2. The Labute approximate surface area is 172 Å². The summed E-state index contributed by atoms with van der Waals surface area (Å²) in [6, 6.07) is 14.9. The van der Waals surface area contributed by atoms with Crippen LogP contribution < -0.4 is 4.74 Å². The topological polar surface area (TPSA) is 55.7 Å². The van der Waals surface area contributed by atoms with E-state index in [0.29, 0.717) is 18.4 Å². The van der Waals surface area contributed by atoms with Crippen LogP contribution in [0.25, 0.3) is 22.3 Å². The molecule has 1 N–H and O–H groups in total. The maximum Gasteiger partial charge on any atom is 0.191 e. The molecule has 0 aliphatic heterocycles. The minimum atomic E-state index is -0.252. The number of benzene rings is 2. The molecule has 5 rings (SSSR count). The van der Waals surface area contributed by atoms with Crippen molar-refractivity contribution >= 4 is 22.7 Å². The smallest absolute Gasteiger partial charge is 0.191 e. The van der Waals surface area contributed by atoms with Crippen LogP contribution >= 0.6 is 11.8 Å². The Morgan fingerprint density at radius 2 is 1.93 bits per heavy atom. The second-order valence-corrected chi connectivity index (χ2v) is 8.22. The van der Waals surface area contributed by atoms with Gasteiger partial charge in [0.05, 0.1) is 6.61 Å². The largest absolute Gasteiger partial charge is 0.494 e. The summed E-state index contributed by atoms with van der Waals surface area (Å²) >= 11 is 1.72. The molecule has 1 aliphatic carbocycles. The van der Waals surface area contributed by atoms with Gasteiger partial charge >= 0.3 is 0 Å². The van der Waals surface area contributed by atoms with Crippen molar-refractivity contribution in [3.05, 3.63) is 60.5 Å². The number of aromatic amines is 1. The Hall–Kier alpha value is -2.80. The molecule has 4 aromatic rings. The second kappa shape index (κ2) is 7.91. The van der Waals surface area contributed by atoms with Crippen molar-refractivity contribution < 1.29 is 9.13 Å². The normalized spacial score (nSPS) is 13.8. The number of hydrogen-bond acceptors (Lipinski definition) is 4. The number of aromatic nitrogens is 4. The molecule has 29 heavy (non-hydrogen) atoms. The third kappa shape index (κ3) is 3.87. The van der Waals surface area contributed by atoms with E-state index in [1.807, 2.05) is 18.3 Å². The van der Waals surface area contributed by atoms with E-state index in [1.54, 1.807) is 23.9 Å². The lowest BCUT2D eigenvalue weighted by molar-refractivity contribution is 0.318. The fourth-order valence-corrected chi connectivity index (χ4v) is 4.34. The van der Waals surface area contributed by atoms with E-state index in [-0.39, 0.29) is 5.82 Å². The quantitative estimate of drug-likeness (QED) is 0.311. The van der Waals surface area contributed by atoms with Gasteiger partial charge in [0, 0.05) is 34.5 Å². The van der Waals surface area contributed by atoms with Crippen LogP contribution in [0.1, 0.15) is 25.3 Å². The van der Waals surface area contributed by atoms with Gasteiger partial charge in [0.2, 0.25) is 0 Å². The zero-order valence-corrected chi connectivity index (χ0v) is 16.7. The monoisotopic (exact) mass is 408 g/mol. The summed E-state index contributed by atoms with van der Waals surface area (Å²) in [6.45, 7) is 0.589. The van der Waals surface area contributed by atoms with Crippen LogP contribution in [0, 0.1) is 5.82 Å². The SMILES string of the molecule is Fc1ccc(OCCCSc2nnc(-c3c[nH]c4ccccc34)n2C2CC2)cc1. The minimum Gasteiger partial charge on any atom is -0.494 e. The van der Waals surface area contributed by atoms with Crippen molar-refractivity contribution in [1.29, 1.82) is 0 Å². The summed E-state index contributed by atoms with van der Waals surface area (Å²) in [4.78, 5) is 3.33. The molecule has 5 nitrogen and oxygen atoms in total. The van der Waals surface area contributed by atoms with Crippen LogP contribution in [0.5, 0.6) is 5.75 Å². The molecule has 1 aliphatic rings. The molecule has 148 valence electrons. The lowest BCUT2D eigenvalue weighted by Gasteiger charge is -2.09. The van der Waals surface area contributed by atoms with Crippen molar-refractivity contribution in [2.45, 2.75) is 30.5 Å². The predicted molar refractivity (Wildman–Crippen MR) is 113 cm³/mol. The van der Waals surface area contributed by atoms with Crippen LogP contribution in [0.2, 0.25) is 0 Å². The molecular weight excluding hydrogens is 387 g/mol. The number of rotatable bonds is 8. The van der Waals surface area contributed by atoms with E-state index in [4.69, 9.17) is 4.74 Å². The number of nitrogens with zero attached hydrogens (tertiary/aromatic N) is 3. The van der Waals surface area contributed by atoms with Crippen molar-refractivity contribution in [1.82, 2.24) is 19.7 Å². The van der Waals surface area contributed by atoms with Gasteiger partial charge in [-0.2, -0.15) is 0 Å². The van der Waals surface area contributed by atoms with Gasteiger partial charge in [-0.1, -0.05) is 30.0 Å². The van der Waals surface area contributed by atoms with Crippen molar-refractivity contribution in [3.63, 3.8) is 0 Å². The Kier molecular flexibility index (Phi) is 4.97. The average Bonchev–Trinajstić information content (AvgIpc) is 3.36. The van der Waals surface area contributed by atoms with Gasteiger partial charge in [-0.05, 0) is 49.6 Å². The fraction of sp³-hybridized carbons (Fsp3) is 0.273. The molecule has 2 heterocycles. The van der Waals surface area contributed by atoms with Crippen LogP contribution in [0.3, 0.4) is 0 Å². The van der Waals surface area contributed by atoms with E-state index < -0.39 is 0 Å². The first-order chi connectivity index (χ1) is 14.3. The molecule has 0 atom stereocenters. The van der Waals surface area contributed by atoms with E-state index in [0.717, 1.165) is 34.2 Å². The molecule has 0 bridgehead atoms. The predicted octanol–water partition coefficient (Wildman–Crippen LogP) is 5.46. The Morgan fingerprint density at radius 1 is 1.10 bits per heavy atom. The molecule has 0 unspecified atom stereocenters. The Balaban J connectivity index is 1.26. The zero-order chi connectivity index (χ0) is 19.6. The van der Waals surface area contributed by atoms with Gasteiger partial charge in [-0.25, -0.2) is 4.39 Å². The fourth-order valence-electron chi connectivity index (χ4n) is 3.42.